The molecule has 76 valence electrons. The molecule has 0 radical (unpaired) electrons. The molecule has 0 aromatic carbocycles. The van der Waals surface area contributed by atoms with Gasteiger partial charge in [0, 0.05) is 12.4 Å². The second kappa shape index (κ2) is 2.95. The highest BCUT2D eigenvalue weighted by Crippen LogP contribution is 2.29. The molecule has 2 rings (SSSR count). The minimum Gasteiger partial charge on any atom is -0.279 e. The molecule has 0 aliphatic heterocycles. The molecule has 0 spiro atoms. The van der Waals surface area contributed by atoms with Gasteiger partial charge in [-0.05, 0) is 6.07 Å². The van der Waals surface area contributed by atoms with Crippen molar-refractivity contribution in [1.82, 2.24) is 14.4 Å². The van der Waals surface area contributed by atoms with E-state index in [1.807, 2.05) is 0 Å². The summed E-state index contributed by atoms with van der Waals surface area (Å²) in [7, 11) is 0. The third kappa shape index (κ3) is 1.40. The lowest BCUT2D eigenvalue weighted by atomic mass is 10.5. The lowest BCUT2D eigenvalue weighted by Crippen LogP contribution is -2.10. The second-order valence-electron chi connectivity index (χ2n) is 2.71. The standard InChI is InChI=1S/C8H3F3N4/c9-8(10,11)7-14-5(4-12)6-13-2-1-3-15(6)7/h1-3H. The van der Waals surface area contributed by atoms with Crippen LogP contribution >= 0.6 is 0 Å². The molecule has 0 N–H and O–H groups in total. The summed E-state index contributed by atoms with van der Waals surface area (Å²) < 4.78 is 38.1. The molecule has 2 aromatic rings. The SMILES string of the molecule is N#Cc1nc(C(F)(F)F)n2cccnc12. The van der Waals surface area contributed by atoms with Crippen molar-refractivity contribution in [2.45, 2.75) is 6.18 Å². The summed E-state index contributed by atoms with van der Waals surface area (Å²) in [4.78, 5) is 6.86. The van der Waals surface area contributed by atoms with E-state index in [1.165, 1.54) is 18.5 Å². The molecule has 4 nitrogen and oxygen atoms in total. The van der Waals surface area contributed by atoms with Crippen LogP contribution in [0.3, 0.4) is 0 Å². The first kappa shape index (κ1) is 9.45. The Kier molecular flexibility index (Phi) is 1.86. The first-order valence-electron chi connectivity index (χ1n) is 3.84. The molecule has 2 aromatic heterocycles. The third-order valence-corrected chi connectivity index (χ3v) is 1.76. The number of hydrogen-bond acceptors (Lipinski definition) is 3. The third-order valence-electron chi connectivity index (χ3n) is 1.76. The van der Waals surface area contributed by atoms with Crippen LogP contribution in [0.5, 0.6) is 0 Å². The fourth-order valence-electron chi connectivity index (χ4n) is 1.20. The van der Waals surface area contributed by atoms with Crippen LogP contribution in [-0.4, -0.2) is 14.4 Å². The molecule has 7 heteroatoms. The molecule has 0 amide bonds. The molecule has 0 aliphatic rings. The van der Waals surface area contributed by atoms with Crippen molar-refractivity contribution in [1.29, 1.82) is 5.26 Å². The van der Waals surface area contributed by atoms with Crippen LogP contribution in [0.15, 0.2) is 18.5 Å². The Morgan fingerprint density at radius 3 is 2.73 bits per heavy atom. The van der Waals surface area contributed by atoms with Crippen LogP contribution in [0, 0.1) is 11.3 Å². The van der Waals surface area contributed by atoms with Gasteiger partial charge in [0.25, 0.3) is 0 Å². The zero-order chi connectivity index (χ0) is 11.1. The Hall–Kier alpha value is -2.10. The molecule has 15 heavy (non-hydrogen) atoms. The van der Waals surface area contributed by atoms with E-state index in [4.69, 9.17) is 5.26 Å². The summed E-state index contributed by atoms with van der Waals surface area (Å²) in [6.45, 7) is 0. The molecule has 0 atom stereocenters. The van der Waals surface area contributed by atoms with Gasteiger partial charge in [-0.3, -0.25) is 4.40 Å². The zero-order valence-corrected chi connectivity index (χ0v) is 7.15. The van der Waals surface area contributed by atoms with Crippen molar-refractivity contribution in [3.63, 3.8) is 0 Å². The van der Waals surface area contributed by atoms with E-state index < -0.39 is 12.0 Å². The van der Waals surface area contributed by atoms with Crippen LogP contribution in [0.1, 0.15) is 11.5 Å². The molecule has 0 saturated carbocycles. The largest absolute Gasteiger partial charge is 0.450 e. The summed E-state index contributed by atoms with van der Waals surface area (Å²) in [5.41, 5.74) is -0.421. The smallest absolute Gasteiger partial charge is 0.279 e. The highest BCUT2D eigenvalue weighted by atomic mass is 19.4. The van der Waals surface area contributed by atoms with E-state index >= 15 is 0 Å². The monoisotopic (exact) mass is 212 g/mol. The molecular weight excluding hydrogens is 209 g/mol. The minimum absolute atomic E-state index is 0.0904. The molecule has 0 aliphatic carbocycles. The lowest BCUT2D eigenvalue weighted by Gasteiger charge is -2.03. The first-order valence-corrected chi connectivity index (χ1v) is 3.84. The Morgan fingerprint density at radius 2 is 2.13 bits per heavy atom. The number of alkyl halides is 3. The predicted octanol–water partition coefficient (Wildman–Crippen LogP) is 1.62. The zero-order valence-electron chi connectivity index (χ0n) is 7.15. The normalized spacial score (nSPS) is 11.6. The average molecular weight is 212 g/mol. The van der Waals surface area contributed by atoms with Gasteiger partial charge in [0.05, 0.1) is 0 Å². The number of rotatable bonds is 0. The Morgan fingerprint density at radius 1 is 1.40 bits per heavy atom. The van der Waals surface area contributed by atoms with E-state index in [0.29, 0.717) is 0 Å². The van der Waals surface area contributed by atoms with Gasteiger partial charge >= 0.3 is 6.18 Å². The van der Waals surface area contributed by atoms with Gasteiger partial charge in [0.1, 0.15) is 6.07 Å². The number of fused-ring (bicyclic) bond motifs is 1. The van der Waals surface area contributed by atoms with Crippen molar-refractivity contribution >= 4 is 5.65 Å². The van der Waals surface area contributed by atoms with Gasteiger partial charge < -0.3 is 0 Å². The average Bonchev–Trinajstić information content (AvgIpc) is 2.55. The van der Waals surface area contributed by atoms with Crippen LogP contribution in [-0.2, 0) is 6.18 Å². The number of halogens is 3. The maximum atomic E-state index is 12.4. The number of nitriles is 1. The Bertz CT molecular complexity index is 549. The molecule has 2 heterocycles. The predicted molar refractivity (Wildman–Crippen MR) is 42.7 cm³/mol. The number of aromatic nitrogens is 3. The van der Waals surface area contributed by atoms with Crippen molar-refractivity contribution in [2.24, 2.45) is 0 Å². The van der Waals surface area contributed by atoms with Gasteiger partial charge in [0.15, 0.2) is 11.3 Å². The van der Waals surface area contributed by atoms with Crippen LogP contribution in [0.2, 0.25) is 0 Å². The molecule has 0 saturated heterocycles. The van der Waals surface area contributed by atoms with Gasteiger partial charge in [-0.2, -0.15) is 18.4 Å². The number of nitrogens with zero attached hydrogens (tertiary/aromatic N) is 4. The van der Waals surface area contributed by atoms with E-state index in [2.05, 4.69) is 9.97 Å². The summed E-state index contributed by atoms with van der Waals surface area (Å²) in [6, 6.07) is 2.91. The van der Waals surface area contributed by atoms with E-state index in [9.17, 15) is 13.2 Å². The number of imidazole rings is 1. The summed E-state index contributed by atoms with van der Waals surface area (Å²) >= 11 is 0. The minimum atomic E-state index is -4.60. The summed E-state index contributed by atoms with van der Waals surface area (Å²) in [5, 5.41) is 8.58. The lowest BCUT2D eigenvalue weighted by molar-refractivity contribution is -0.145. The topological polar surface area (TPSA) is 54.0 Å². The Labute approximate surface area is 81.6 Å². The van der Waals surface area contributed by atoms with Crippen molar-refractivity contribution < 1.29 is 13.2 Å². The summed E-state index contributed by atoms with van der Waals surface area (Å²) in [5.74, 6) is -1.14. The molecule has 0 unspecified atom stereocenters. The molecular formula is C8H3F3N4. The van der Waals surface area contributed by atoms with Gasteiger partial charge in [0.2, 0.25) is 5.82 Å². The van der Waals surface area contributed by atoms with E-state index in [0.717, 1.165) is 4.40 Å². The molecule has 0 fully saturated rings. The van der Waals surface area contributed by atoms with Crippen LogP contribution in [0.25, 0.3) is 5.65 Å². The van der Waals surface area contributed by atoms with E-state index in [-0.39, 0.29) is 11.3 Å². The maximum Gasteiger partial charge on any atom is 0.450 e. The molecule has 0 bridgehead atoms. The summed E-state index contributed by atoms with van der Waals surface area (Å²) in [6.07, 6.45) is -2.13. The van der Waals surface area contributed by atoms with Gasteiger partial charge in [-0.25, -0.2) is 9.97 Å². The van der Waals surface area contributed by atoms with Gasteiger partial charge in [-0.15, -0.1) is 0 Å². The van der Waals surface area contributed by atoms with Crippen molar-refractivity contribution in [2.75, 3.05) is 0 Å². The Balaban J connectivity index is 2.84. The quantitative estimate of drug-likeness (QED) is 0.666. The maximum absolute atomic E-state index is 12.4. The fraction of sp³-hybridized carbons (Fsp3) is 0.125. The van der Waals surface area contributed by atoms with Crippen LogP contribution < -0.4 is 0 Å². The highest BCUT2D eigenvalue weighted by molar-refractivity contribution is 5.52. The first-order chi connectivity index (χ1) is 7.04. The van der Waals surface area contributed by atoms with Gasteiger partial charge in [-0.1, -0.05) is 0 Å². The van der Waals surface area contributed by atoms with E-state index in [1.54, 1.807) is 6.07 Å². The van der Waals surface area contributed by atoms with Crippen molar-refractivity contribution in [3.05, 3.63) is 30.0 Å². The fourth-order valence-corrected chi connectivity index (χ4v) is 1.20. The second-order valence-corrected chi connectivity index (χ2v) is 2.71. The number of hydrogen-bond donors (Lipinski definition) is 0. The van der Waals surface area contributed by atoms with Crippen LogP contribution in [0.4, 0.5) is 13.2 Å². The highest BCUT2D eigenvalue weighted by Gasteiger charge is 2.37. The van der Waals surface area contributed by atoms with Crippen molar-refractivity contribution in [3.8, 4) is 6.07 Å².